The molecule has 3 rings (SSSR count). The minimum absolute atomic E-state index is 0.134. The first-order valence-corrected chi connectivity index (χ1v) is 11.2. The van der Waals surface area contributed by atoms with Crippen LogP contribution in [0.4, 0.5) is 0 Å². The predicted molar refractivity (Wildman–Crippen MR) is 127 cm³/mol. The molecule has 0 aromatic heterocycles. The minimum atomic E-state index is -0.134. The largest absolute Gasteiger partial charge is 0.493 e. The number of carbonyl (C=O) groups excluding carboxylic acids is 1. The smallest absolute Gasteiger partial charge is 0.244 e. The normalized spacial score (nSPS) is 14.6. The Hall–Kier alpha value is -2.83. The van der Waals surface area contributed by atoms with Gasteiger partial charge in [0.25, 0.3) is 0 Å². The number of benzene rings is 2. The monoisotopic (exact) mass is 438 g/mol. The lowest BCUT2D eigenvalue weighted by molar-refractivity contribution is -0.116. The molecule has 1 fully saturated rings. The van der Waals surface area contributed by atoms with Gasteiger partial charge >= 0.3 is 0 Å². The molecule has 172 valence electrons. The highest BCUT2D eigenvalue weighted by molar-refractivity contribution is 5.91. The van der Waals surface area contributed by atoms with Crippen molar-refractivity contribution >= 4 is 12.0 Å². The van der Waals surface area contributed by atoms with E-state index in [0.29, 0.717) is 30.6 Å². The number of nitrogens with zero attached hydrogens (tertiary/aromatic N) is 1. The standard InChI is InChI=1S/C26H34N2O4/c1-20(2)19-32-24-10-8-21(16-25(24)30-3)9-11-26(29)27-17-22-6-4-5-7-23(22)18-28-12-14-31-15-13-28/h4-11,16,20H,12-15,17-19H2,1-3H3,(H,27,29)/b11-9+. The fourth-order valence-corrected chi connectivity index (χ4v) is 3.46. The second kappa shape index (κ2) is 12.3. The van der Waals surface area contributed by atoms with Crippen LogP contribution in [0.2, 0.25) is 0 Å². The number of ether oxygens (including phenoxy) is 3. The van der Waals surface area contributed by atoms with E-state index in [1.54, 1.807) is 19.3 Å². The van der Waals surface area contributed by atoms with Crippen LogP contribution in [0.25, 0.3) is 6.08 Å². The fourth-order valence-electron chi connectivity index (χ4n) is 3.46. The fraction of sp³-hybridized carbons (Fsp3) is 0.423. The van der Waals surface area contributed by atoms with Gasteiger partial charge in [0.1, 0.15) is 0 Å². The zero-order valence-corrected chi connectivity index (χ0v) is 19.3. The van der Waals surface area contributed by atoms with E-state index >= 15 is 0 Å². The lowest BCUT2D eigenvalue weighted by Gasteiger charge is -2.27. The lowest BCUT2D eigenvalue weighted by Crippen LogP contribution is -2.36. The first-order valence-electron chi connectivity index (χ1n) is 11.2. The van der Waals surface area contributed by atoms with Gasteiger partial charge < -0.3 is 19.5 Å². The number of rotatable bonds is 10. The van der Waals surface area contributed by atoms with Crippen LogP contribution >= 0.6 is 0 Å². The van der Waals surface area contributed by atoms with Gasteiger partial charge in [-0.3, -0.25) is 9.69 Å². The molecule has 6 heteroatoms. The third kappa shape index (κ3) is 7.39. The Morgan fingerprint density at radius 1 is 1.12 bits per heavy atom. The number of methoxy groups -OCH3 is 1. The predicted octanol–water partition coefficient (Wildman–Crippen LogP) is 3.89. The third-order valence-corrected chi connectivity index (χ3v) is 5.26. The van der Waals surface area contributed by atoms with Crippen LogP contribution in [0.3, 0.4) is 0 Å². The van der Waals surface area contributed by atoms with Crippen LogP contribution in [-0.2, 0) is 22.6 Å². The number of amides is 1. The molecular formula is C26H34N2O4. The molecule has 1 aliphatic rings. The molecule has 2 aromatic rings. The van der Waals surface area contributed by atoms with Crippen molar-refractivity contribution < 1.29 is 19.0 Å². The van der Waals surface area contributed by atoms with Gasteiger partial charge in [0.15, 0.2) is 11.5 Å². The van der Waals surface area contributed by atoms with E-state index in [0.717, 1.165) is 44.0 Å². The van der Waals surface area contributed by atoms with Crippen molar-refractivity contribution in [3.05, 3.63) is 65.2 Å². The molecule has 0 aliphatic carbocycles. The summed E-state index contributed by atoms with van der Waals surface area (Å²) >= 11 is 0. The summed E-state index contributed by atoms with van der Waals surface area (Å²) in [5, 5.41) is 2.99. The molecule has 0 bridgehead atoms. The maximum Gasteiger partial charge on any atom is 0.244 e. The summed E-state index contributed by atoms with van der Waals surface area (Å²) < 4.78 is 16.7. The summed E-state index contributed by atoms with van der Waals surface area (Å²) in [6, 6.07) is 13.9. The number of carbonyl (C=O) groups is 1. The van der Waals surface area contributed by atoms with E-state index in [9.17, 15) is 4.79 Å². The number of morpholine rings is 1. The van der Waals surface area contributed by atoms with Crippen molar-refractivity contribution in [2.45, 2.75) is 26.9 Å². The molecule has 1 aliphatic heterocycles. The number of hydrogen-bond donors (Lipinski definition) is 1. The molecule has 0 spiro atoms. The van der Waals surface area contributed by atoms with Crippen LogP contribution in [-0.4, -0.2) is 50.8 Å². The van der Waals surface area contributed by atoms with Gasteiger partial charge in [-0.2, -0.15) is 0 Å². The Morgan fingerprint density at radius 3 is 2.59 bits per heavy atom. The zero-order chi connectivity index (χ0) is 22.8. The topological polar surface area (TPSA) is 60.0 Å². The van der Waals surface area contributed by atoms with Crippen LogP contribution in [0.5, 0.6) is 11.5 Å². The maximum absolute atomic E-state index is 12.4. The second-order valence-electron chi connectivity index (χ2n) is 8.32. The van der Waals surface area contributed by atoms with Crippen molar-refractivity contribution in [2.75, 3.05) is 40.0 Å². The van der Waals surface area contributed by atoms with E-state index in [1.165, 1.54) is 5.56 Å². The molecular weight excluding hydrogens is 404 g/mol. The minimum Gasteiger partial charge on any atom is -0.493 e. The maximum atomic E-state index is 12.4. The van der Waals surface area contributed by atoms with Gasteiger partial charge in [-0.25, -0.2) is 0 Å². The first kappa shape index (κ1) is 23.8. The number of hydrogen-bond acceptors (Lipinski definition) is 5. The molecule has 1 saturated heterocycles. The Balaban J connectivity index is 1.56. The molecule has 1 heterocycles. The lowest BCUT2D eigenvalue weighted by atomic mass is 10.1. The Labute approximate surface area is 191 Å². The highest BCUT2D eigenvalue weighted by Gasteiger charge is 2.13. The molecule has 0 atom stereocenters. The molecule has 1 amide bonds. The van der Waals surface area contributed by atoms with Gasteiger partial charge in [-0.1, -0.05) is 44.2 Å². The van der Waals surface area contributed by atoms with Crippen LogP contribution < -0.4 is 14.8 Å². The summed E-state index contributed by atoms with van der Waals surface area (Å²) in [6.45, 7) is 9.62. The van der Waals surface area contributed by atoms with Gasteiger partial charge in [0.05, 0.1) is 26.9 Å². The quantitative estimate of drug-likeness (QED) is 0.571. The summed E-state index contributed by atoms with van der Waals surface area (Å²) in [5.41, 5.74) is 3.25. The molecule has 0 saturated carbocycles. The van der Waals surface area contributed by atoms with Crippen molar-refractivity contribution in [2.24, 2.45) is 5.92 Å². The Kier molecular flexibility index (Phi) is 9.13. The molecule has 2 aromatic carbocycles. The van der Waals surface area contributed by atoms with E-state index in [-0.39, 0.29) is 5.91 Å². The zero-order valence-electron chi connectivity index (χ0n) is 19.3. The molecule has 32 heavy (non-hydrogen) atoms. The van der Waals surface area contributed by atoms with Crippen LogP contribution in [0.1, 0.15) is 30.5 Å². The Bertz CT molecular complexity index is 904. The van der Waals surface area contributed by atoms with Crippen molar-refractivity contribution in [3.63, 3.8) is 0 Å². The third-order valence-electron chi connectivity index (χ3n) is 5.26. The van der Waals surface area contributed by atoms with Crippen LogP contribution in [0, 0.1) is 5.92 Å². The van der Waals surface area contributed by atoms with E-state index in [2.05, 4.69) is 36.2 Å². The van der Waals surface area contributed by atoms with Crippen molar-refractivity contribution in [1.82, 2.24) is 10.2 Å². The highest BCUT2D eigenvalue weighted by atomic mass is 16.5. The second-order valence-corrected chi connectivity index (χ2v) is 8.32. The average Bonchev–Trinajstić information content (AvgIpc) is 2.81. The van der Waals surface area contributed by atoms with E-state index < -0.39 is 0 Å². The Morgan fingerprint density at radius 2 is 1.88 bits per heavy atom. The van der Waals surface area contributed by atoms with Gasteiger partial charge in [0, 0.05) is 32.3 Å². The first-order chi connectivity index (χ1) is 15.5. The SMILES string of the molecule is COc1cc(/C=C/C(=O)NCc2ccccc2CN2CCOCC2)ccc1OCC(C)C. The van der Waals surface area contributed by atoms with Crippen molar-refractivity contribution in [1.29, 1.82) is 0 Å². The summed E-state index contributed by atoms with van der Waals surface area (Å²) in [7, 11) is 1.62. The number of nitrogens with one attached hydrogen (secondary N) is 1. The average molecular weight is 439 g/mol. The molecule has 0 unspecified atom stereocenters. The van der Waals surface area contributed by atoms with Gasteiger partial charge in [-0.15, -0.1) is 0 Å². The highest BCUT2D eigenvalue weighted by Crippen LogP contribution is 2.29. The molecule has 6 nitrogen and oxygen atoms in total. The van der Waals surface area contributed by atoms with E-state index in [4.69, 9.17) is 14.2 Å². The van der Waals surface area contributed by atoms with E-state index in [1.807, 2.05) is 30.3 Å². The van der Waals surface area contributed by atoms with Gasteiger partial charge in [-0.05, 0) is 40.8 Å². The van der Waals surface area contributed by atoms with Gasteiger partial charge in [0.2, 0.25) is 5.91 Å². The molecule has 0 radical (unpaired) electrons. The summed E-state index contributed by atoms with van der Waals surface area (Å²) in [6.07, 6.45) is 3.33. The van der Waals surface area contributed by atoms with Crippen LogP contribution in [0.15, 0.2) is 48.5 Å². The summed E-state index contributed by atoms with van der Waals surface area (Å²) in [4.78, 5) is 14.8. The molecule has 1 N–H and O–H groups in total. The van der Waals surface area contributed by atoms with Crippen molar-refractivity contribution in [3.8, 4) is 11.5 Å². The summed E-state index contributed by atoms with van der Waals surface area (Å²) in [5.74, 6) is 1.66.